The van der Waals surface area contributed by atoms with Crippen molar-refractivity contribution >= 4 is 5.91 Å². The Labute approximate surface area is 140 Å². The summed E-state index contributed by atoms with van der Waals surface area (Å²) < 4.78 is 10.6. The summed E-state index contributed by atoms with van der Waals surface area (Å²) in [4.78, 5) is 12.9. The molecule has 4 bridgehead atoms. The molecular weight excluding hydrogens is 304 g/mol. The number of amides is 1. The van der Waals surface area contributed by atoms with Crippen LogP contribution in [0.2, 0.25) is 0 Å². The van der Waals surface area contributed by atoms with Crippen LogP contribution in [0.15, 0.2) is 33.4 Å². The quantitative estimate of drug-likeness (QED) is 0.928. The van der Waals surface area contributed by atoms with Gasteiger partial charge in [-0.25, -0.2) is 0 Å². The summed E-state index contributed by atoms with van der Waals surface area (Å²) in [5.41, 5.74) is 0.627. The van der Waals surface area contributed by atoms with Crippen molar-refractivity contribution in [1.29, 1.82) is 0 Å². The molecule has 24 heavy (non-hydrogen) atoms. The van der Waals surface area contributed by atoms with Crippen LogP contribution in [-0.4, -0.2) is 11.1 Å². The number of nitrogens with one attached hydrogen (secondary N) is 1. The smallest absolute Gasteiger partial charge is 0.226 e. The maximum atomic E-state index is 12.9. The van der Waals surface area contributed by atoms with Gasteiger partial charge in [-0.2, -0.15) is 0 Å². The highest BCUT2D eigenvalue weighted by molar-refractivity contribution is 5.83. The fourth-order valence-corrected chi connectivity index (χ4v) is 5.68. The topological polar surface area (TPSA) is 68.3 Å². The van der Waals surface area contributed by atoms with Crippen LogP contribution in [0, 0.1) is 23.2 Å². The van der Waals surface area contributed by atoms with Gasteiger partial charge < -0.3 is 14.3 Å². The van der Waals surface area contributed by atoms with Crippen molar-refractivity contribution in [3.63, 3.8) is 0 Å². The number of hydrogen-bond donors (Lipinski definition) is 1. The van der Waals surface area contributed by atoms with Crippen LogP contribution in [0.5, 0.6) is 0 Å². The van der Waals surface area contributed by atoms with Crippen molar-refractivity contribution in [2.24, 2.45) is 23.2 Å². The molecule has 4 aliphatic carbocycles. The summed E-state index contributed by atoms with van der Waals surface area (Å²) in [6.45, 7) is 0.421. The number of furan rings is 1. The summed E-state index contributed by atoms with van der Waals surface area (Å²) in [5.74, 6) is 3.81. The van der Waals surface area contributed by atoms with Crippen LogP contribution in [0.3, 0.4) is 0 Å². The highest BCUT2D eigenvalue weighted by atomic mass is 16.5. The van der Waals surface area contributed by atoms with E-state index in [2.05, 4.69) is 10.5 Å². The molecule has 5 heteroatoms. The van der Waals surface area contributed by atoms with Gasteiger partial charge >= 0.3 is 0 Å². The van der Waals surface area contributed by atoms with E-state index < -0.39 is 0 Å². The molecule has 1 N–H and O–H groups in total. The van der Waals surface area contributed by atoms with Crippen molar-refractivity contribution in [3.8, 4) is 11.5 Å². The second kappa shape index (κ2) is 5.23. The Morgan fingerprint density at radius 1 is 1.17 bits per heavy atom. The molecule has 0 atom stereocenters. The van der Waals surface area contributed by atoms with Crippen LogP contribution in [-0.2, 0) is 11.3 Å². The predicted octanol–water partition coefficient (Wildman–Crippen LogP) is 3.77. The summed E-state index contributed by atoms with van der Waals surface area (Å²) in [5, 5.41) is 7.16. The minimum absolute atomic E-state index is 0.109. The lowest BCUT2D eigenvalue weighted by Gasteiger charge is -2.55. The van der Waals surface area contributed by atoms with Gasteiger partial charge in [0.15, 0.2) is 5.76 Å². The van der Waals surface area contributed by atoms with E-state index in [1.54, 1.807) is 6.26 Å². The number of hydrogen-bond acceptors (Lipinski definition) is 4. The fraction of sp³-hybridized carbons (Fsp3) is 0.579. The second-order valence-electron chi connectivity index (χ2n) is 8.04. The number of nitrogens with zero attached hydrogens (tertiary/aromatic N) is 1. The monoisotopic (exact) mass is 326 g/mol. The molecule has 5 nitrogen and oxygen atoms in total. The Morgan fingerprint density at radius 3 is 2.50 bits per heavy atom. The zero-order chi connectivity index (χ0) is 16.1. The van der Waals surface area contributed by atoms with Crippen LogP contribution in [0.25, 0.3) is 11.5 Å². The normalized spacial score (nSPS) is 33.8. The maximum Gasteiger partial charge on any atom is 0.226 e. The van der Waals surface area contributed by atoms with Crippen LogP contribution in [0.4, 0.5) is 0 Å². The number of aromatic nitrogens is 1. The second-order valence-corrected chi connectivity index (χ2v) is 8.04. The number of carbonyl (C=O) groups is 1. The average Bonchev–Trinajstić information content (AvgIpc) is 3.22. The third-order valence-corrected chi connectivity index (χ3v) is 6.27. The Morgan fingerprint density at radius 2 is 1.88 bits per heavy atom. The van der Waals surface area contributed by atoms with E-state index in [1.165, 1.54) is 19.3 Å². The molecule has 126 valence electrons. The number of rotatable bonds is 4. The highest BCUT2D eigenvalue weighted by Crippen LogP contribution is 2.60. The van der Waals surface area contributed by atoms with Gasteiger partial charge in [0.2, 0.25) is 11.7 Å². The van der Waals surface area contributed by atoms with Crippen molar-refractivity contribution in [2.45, 2.75) is 45.1 Å². The van der Waals surface area contributed by atoms with Gasteiger partial charge in [-0.05, 0) is 68.4 Å². The van der Waals surface area contributed by atoms with Crippen molar-refractivity contribution in [3.05, 3.63) is 30.2 Å². The molecule has 0 aliphatic heterocycles. The lowest BCUT2D eigenvalue weighted by molar-refractivity contribution is -0.146. The van der Waals surface area contributed by atoms with Gasteiger partial charge in [-0.3, -0.25) is 4.79 Å². The molecule has 2 aromatic heterocycles. The molecule has 4 fully saturated rings. The van der Waals surface area contributed by atoms with Crippen LogP contribution < -0.4 is 5.32 Å². The van der Waals surface area contributed by atoms with E-state index in [1.807, 2.05) is 18.2 Å². The first kappa shape index (κ1) is 14.3. The van der Waals surface area contributed by atoms with E-state index >= 15 is 0 Å². The molecule has 1 amide bonds. The van der Waals surface area contributed by atoms with E-state index in [4.69, 9.17) is 8.94 Å². The van der Waals surface area contributed by atoms with E-state index in [-0.39, 0.29) is 11.3 Å². The van der Waals surface area contributed by atoms with E-state index in [0.29, 0.717) is 18.1 Å². The first-order chi connectivity index (χ1) is 11.7. The van der Waals surface area contributed by atoms with E-state index in [0.717, 1.165) is 42.7 Å². The van der Waals surface area contributed by atoms with E-state index in [9.17, 15) is 4.79 Å². The van der Waals surface area contributed by atoms with Gasteiger partial charge in [0, 0.05) is 11.5 Å². The number of carbonyl (C=O) groups excluding carboxylic acids is 1. The third kappa shape index (κ3) is 2.29. The average molecular weight is 326 g/mol. The summed E-state index contributed by atoms with van der Waals surface area (Å²) in [7, 11) is 0. The Hall–Kier alpha value is -2.04. The first-order valence-electron chi connectivity index (χ1n) is 8.98. The highest BCUT2D eigenvalue weighted by Gasteiger charge is 2.54. The standard InChI is InChI=1S/C19H22N2O3/c22-18(19-8-12-4-13(9-19)6-14(5-12)10-19)20-11-15-7-17(24-21-15)16-2-1-3-23-16/h1-3,7,12-14H,4-6,8-11H2,(H,20,22). The SMILES string of the molecule is O=C(NCc1cc(-c2ccco2)on1)C12CC3CC(CC(C3)C1)C2. The minimum atomic E-state index is -0.109. The van der Waals surface area contributed by atoms with Gasteiger partial charge in [-0.15, -0.1) is 0 Å². The summed E-state index contributed by atoms with van der Waals surface area (Å²) in [6.07, 6.45) is 8.91. The largest absolute Gasteiger partial charge is 0.461 e. The van der Waals surface area contributed by atoms with Crippen LogP contribution in [0.1, 0.15) is 44.2 Å². The molecule has 4 saturated carbocycles. The van der Waals surface area contributed by atoms with Crippen molar-refractivity contribution in [2.75, 3.05) is 0 Å². The van der Waals surface area contributed by atoms with Gasteiger partial charge in [0.05, 0.1) is 12.8 Å². The molecule has 0 spiro atoms. The van der Waals surface area contributed by atoms with Gasteiger partial charge in [0.25, 0.3) is 0 Å². The minimum Gasteiger partial charge on any atom is -0.461 e. The van der Waals surface area contributed by atoms with Gasteiger partial charge in [-0.1, -0.05) is 5.16 Å². The molecule has 0 aromatic carbocycles. The summed E-state index contributed by atoms with van der Waals surface area (Å²) >= 11 is 0. The molecule has 2 aromatic rings. The van der Waals surface area contributed by atoms with Gasteiger partial charge in [0.1, 0.15) is 5.69 Å². The Balaban J connectivity index is 1.26. The molecule has 4 aliphatic rings. The third-order valence-electron chi connectivity index (χ3n) is 6.27. The molecule has 0 radical (unpaired) electrons. The Bertz CT molecular complexity index is 711. The molecule has 0 unspecified atom stereocenters. The molecular formula is C19H22N2O3. The fourth-order valence-electron chi connectivity index (χ4n) is 5.68. The van der Waals surface area contributed by atoms with Crippen molar-refractivity contribution in [1.82, 2.24) is 10.5 Å². The molecule has 6 rings (SSSR count). The molecule has 0 saturated heterocycles. The molecule has 2 heterocycles. The maximum absolute atomic E-state index is 12.9. The zero-order valence-corrected chi connectivity index (χ0v) is 13.7. The first-order valence-corrected chi connectivity index (χ1v) is 8.98. The van der Waals surface area contributed by atoms with Crippen LogP contribution >= 0.6 is 0 Å². The lowest BCUT2D eigenvalue weighted by Crippen LogP contribution is -2.53. The Kier molecular flexibility index (Phi) is 3.12. The van der Waals surface area contributed by atoms with Crippen molar-refractivity contribution < 1.29 is 13.7 Å². The summed E-state index contributed by atoms with van der Waals surface area (Å²) in [6, 6.07) is 5.48. The lowest BCUT2D eigenvalue weighted by atomic mass is 9.49. The zero-order valence-electron chi connectivity index (χ0n) is 13.7. The predicted molar refractivity (Wildman–Crippen MR) is 86.7 cm³/mol.